The fourth-order valence-electron chi connectivity index (χ4n) is 1.78. The van der Waals surface area contributed by atoms with Gasteiger partial charge in [0.15, 0.2) is 0 Å². The summed E-state index contributed by atoms with van der Waals surface area (Å²) >= 11 is 1.16. The van der Waals surface area contributed by atoms with E-state index >= 15 is 0 Å². The number of carbonyl (C=O) groups is 1. The van der Waals surface area contributed by atoms with Crippen LogP contribution in [0.1, 0.15) is 10.4 Å². The van der Waals surface area contributed by atoms with Gasteiger partial charge in [-0.05, 0) is 30.3 Å². The molecule has 0 amide bonds. The van der Waals surface area contributed by atoms with E-state index in [-0.39, 0.29) is 0 Å². The van der Waals surface area contributed by atoms with Gasteiger partial charge in [0.05, 0.1) is 18.8 Å². The summed E-state index contributed by atoms with van der Waals surface area (Å²) in [5, 5.41) is 3.09. The molecule has 100 valence electrons. The Morgan fingerprint density at radius 2 is 2.10 bits per heavy atom. The van der Waals surface area contributed by atoms with Crippen molar-refractivity contribution < 1.29 is 9.53 Å². The molecule has 6 nitrogen and oxygen atoms in total. The minimum atomic E-state index is -0.433. The second-order valence-corrected chi connectivity index (χ2v) is 4.51. The number of pyridine rings is 1. The number of fused-ring (bicyclic) bond motifs is 1. The number of aromatic nitrogens is 3. The van der Waals surface area contributed by atoms with Gasteiger partial charge in [0.2, 0.25) is 0 Å². The van der Waals surface area contributed by atoms with Crippen LogP contribution in [0.25, 0.3) is 11.0 Å². The lowest BCUT2D eigenvalue weighted by molar-refractivity contribution is 0.0601. The van der Waals surface area contributed by atoms with Crippen LogP contribution in [0.2, 0.25) is 0 Å². The fraction of sp³-hybridized carbons (Fsp3) is 0.0769. The summed E-state index contributed by atoms with van der Waals surface area (Å²) in [7, 11) is 1.34. The summed E-state index contributed by atoms with van der Waals surface area (Å²) in [4.78, 5) is 15.8. The first-order valence-corrected chi connectivity index (χ1v) is 6.53. The smallest absolute Gasteiger partial charge is 0.341 e. The molecule has 0 aliphatic carbocycles. The van der Waals surface area contributed by atoms with Crippen LogP contribution in [0.5, 0.6) is 0 Å². The molecule has 0 saturated heterocycles. The highest BCUT2D eigenvalue weighted by Gasteiger charge is 2.12. The molecule has 0 fully saturated rings. The van der Waals surface area contributed by atoms with E-state index in [4.69, 9.17) is 4.74 Å². The third-order valence-corrected chi connectivity index (χ3v) is 3.29. The Bertz CT molecular complexity index is 772. The molecule has 7 heteroatoms. The Balaban J connectivity index is 1.96. The van der Waals surface area contributed by atoms with E-state index in [0.29, 0.717) is 11.4 Å². The zero-order valence-corrected chi connectivity index (χ0v) is 11.3. The zero-order valence-electron chi connectivity index (χ0n) is 10.5. The Morgan fingerprint density at radius 3 is 2.95 bits per heavy atom. The molecule has 3 aromatic rings. The van der Waals surface area contributed by atoms with E-state index in [1.54, 1.807) is 18.3 Å². The van der Waals surface area contributed by atoms with Crippen LogP contribution in [-0.4, -0.2) is 26.8 Å². The molecular formula is C13H10N4O2S. The van der Waals surface area contributed by atoms with Crippen molar-refractivity contribution in [2.24, 2.45) is 0 Å². The van der Waals surface area contributed by atoms with Gasteiger partial charge < -0.3 is 10.1 Å². The van der Waals surface area contributed by atoms with Gasteiger partial charge in [-0.15, -0.1) is 0 Å². The quantitative estimate of drug-likeness (QED) is 0.746. The lowest BCUT2D eigenvalue weighted by atomic mass is 10.2. The van der Waals surface area contributed by atoms with Crippen LogP contribution >= 0.6 is 11.7 Å². The Labute approximate surface area is 118 Å². The van der Waals surface area contributed by atoms with Crippen molar-refractivity contribution in [2.45, 2.75) is 0 Å². The number of anilines is 2. The molecule has 0 aliphatic rings. The van der Waals surface area contributed by atoms with Crippen LogP contribution in [-0.2, 0) is 4.74 Å². The summed E-state index contributed by atoms with van der Waals surface area (Å²) in [6.07, 6.45) is 1.61. The maximum absolute atomic E-state index is 11.7. The van der Waals surface area contributed by atoms with Crippen molar-refractivity contribution in [1.29, 1.82) is 0 Å². The Kier molecular flexibility index (Phi) is 3.26. The predicted octanol–water partition coefficient (Wildman–Crippen LogP) is 2.62. The van der Waals surface area contributed by atoms with Gasteiger partial charge in [0.25, 0.3) is 0 Å². The second kappa shape index (κ2) is 5.22. The molecule has 1 N–H and O–H groups in total. The van der Waals surface area contributed by atoms with Crippen LogP contribution < -0.4 is 5.32 Å². The van der Waals surface area contributed by atoms with Crippen LogP contribution in [0, 0.1) is 0 Å². The van der Waals surface area contributed by atoms with Crippen LogP contribution in [0.15, 0.2) is 36.5 Å². The molecular weight excluding hydrogens is 276 g/mol. The number of hydrogen-bond donors (Lipinski definition) is 1. The van der Waals surface area contributed by atoms with E-state index in [0.717, 1.165) is 28.4 Å². The normalized spacial score (nSPS) is 10.4. The number of methoxy groups -OCH3 is 1. The number of rotatable bonds is 3. The maximum Gasteiger partial charge on any atom is 0.341 e. The number of nitrogens with one attached hydrogen (secondary N) is 1. The maximum atomic E-state index is 11.7. The van der Waals surface area contributed by atoms with Gasteiger partial charge >= 0.3 is 5.97 Å². The van der Waals surface area contributed by atoms with Crippen LogP contribution in [0.4, 0.5) is 11.5 Å². The van der Waals surface area contributed by atoms with Crippen molar-refractivity contribution in [1.82, 2.24) is 13.7 Å². The topological polar surface area (TPSA) is 77.0 Å². The fourth-order valence-corrected chi connectivity index (χ4v) is 2.29. The lowest BCUT2D eigenvalue weighted by Gasteiger charge is -2.09. The first kappa shape index (κ1) is 12.5. The highest BCUT2D eigenvalue weighted by Crippen LogP contribution is 2.22. The molecule has 0 unspecified atom stereocenters. The number of carbonyl (C=O) groups excluding carboxylic acids is 1. The van der Waals surface area contributed by atoms with Crippen molar-refractivity contribution in [3.63, 3.8) is 0 Å². The first-order chi connectivity index (χ1) is 9.78. The van der Waals surface area contributed by atoms with Crippen molar-refractivity contribution in [2.75, 3.05) is 12.4 Å². The van der Waals surface area contributed by atoms with Crippen molar-refractivity contribution in [3.05, 3.63) is 42.1 Å². The number of ether oxygens (including phenoxy) is 1. The second-order valence-electron chi connectivity index (χ2n) is 3.98. The standard InChI is InChI=1S/C13H10N4O2S/c1-19-13(18)9-3-2-6-14-12(9)15-8-4-5-10-11(7-8)17-20-16-10/h2-7H,1H3,(H,14,15). The molecule has 0 aliphatic heterocycles. The monoisotopic (exact) mass is 286 g/mol. The molecule has 1 aromatic carbocycles. The predicted molar refractivity (Wildman–Crippen MR) is 76.3 cm³/mol. The molecule has 0 saturated carbocycles. The Morgan fingerprint density at radius 1 is 1.25 bits per heavy atom. The molecule has 3 rings (SSSR count). The first-order valence-electron chi connectivity index (χ1n) is 5.80. The third-order valence-electron chi connectivity index (χ3n) is 2.73. The highest BCUT2D eigenvalue weighted by atomic mass is 32.1. The Hall–Kier alpha value is -2.54. The molecule has 0 atom stereocenters. The molecule has 0 radical (unpaired) electrons. The molecule has 0 spiro atoms. The summed E-state index contributed by atoms with van der Waals surface area (Å²) < 4.78 is 13.0. The lowest BCUT2D eigenvalue weighted by Crippen LogP contribution is -2.06. The summed E-state index contributed by atoms with van der Waals surface area (Å²) in [6.45, 7) is 0. The van der Waals surface area contributed by atoms with Gasteiger partial charge in [-0.25, -0.2) is 9.78 Å². The van der Waals surface area contributed by atoms with Gasteiger partial charge in [-0.1, -0.05) is 0 Å². The molecule has 2 aromatic heterocycles. The average Bonchev–Trinajstić information content (AvgIpc) is 2.94. The average molecular weight is 286 g/mol. The number of benzene rings is 1. The van der Waals surface area contributed by atoms with E-state index in [9.17, 15) is 4.79 Å². The van der Waals surface area contributed by atoms with Gasteiger partial charge in [-0.2, -0.15) is 8.75 Å². The summed E-state index contributed by atoms with van der Waals surface area (Å²) in [6, 6.07) is 8.92. The SMILES string of the molecule is COC(=O)c1cccnc1Nc1ccc2nsnc2c1. The largest absolute Gasteiger partial charge is 0.465 e. The molecule has 2 heterocycles. The number of nitrogens with zero attached hydrogens (tertiary/aromatic N) is 3. The van der Waals surface area contributed by atoms with E-state index < -0.39 is 5.97 Å². The highest BCUT2D eigenvalue weighted by molar-refractivity contribution is 7.00. The molecule has 0 bridgehead atoms. The van der Waals surface area contributed by atoms with Crippen molar-refractivity contribution >= 4 is 40.2 Å². The molecule has 20 heavy (non-hydrogen) atoms. The minimum Gasteiger partial charge on any atom is -0.465 e. The number of hydrogen-bond acceptors (Lipinski definition) is 7. The van der Waals surface area contributed by atoms with Crippen molar-refractivity contribution in [3.8, 4) is 0 Å². The van der Waals surface area contributed by atoms with E-state index in [2.05, 4.69) is 19.0 Å². The van der Waals surface area contributed by atoms with Crippen LogP contribution in [0.3, 0.4) is 0 Å². The number of esters is 1. The summed E-state index contributed by atoms with van der Waals surface area (Å²) in [5.41, 5.74) is 2.81. The van der Waals surface area contributed by atoms with Gasteiger partial charge in [0.1, 0.15) is 22.4 Å². The zero-order chi connectivity index (χ0) is 13.9. The van der Waals surface area contributed by atoms with E-state index in [1.807, 2.05) is 18.2 Å². The van der Waals surface area contributed by atoms with E-state index in [1.165, 1.54) is 7.11 Å². The minimum absolute atomic E-state index is 0.381. The van der Waals surface area contributed by atoms with Gasteiger partial charge in [0, 0.05) is 11.9 Å². The third kappa shape index (κ3) is 2.30. The van der Waals surface area contributed by atoms with Gasteiger partial charge in [-0.3, -0.25) is 0 Å². The summed E-state index contributed by atoms with van der Waals surface area (Å²) in [5.74, 6) is 0.0129.